The van der Waals surface area contributed by atoms with E-state index < -0.39 is 21.8 Å². The number of rotatable bonds is 5. The summed E-state index contributed by atoms with van der Waals surface area (Å²) in [6.07, 6.45) is 5.78. The Labute approximate surface area is 197 Å². The van der Waals surface area contributed by atoms with Crippen LogP contribution in [-0.2, 0) is 14.8 Å². The first-order chi connectivity index (χ1) is 15.8. The molecule has 2 aromatic carbocycles. The van der Waals surface area contributed by atoms with Crippen LogP contribution in [0.25, 0.3) is 0 Å². The Hall–Kier alpha value is -2.56. The lowest BCUT2D eigenvalue weighted by Crippen LogP contribution is -2.30. The lowest BCUT2D eigenvalue weighted by atomic mass is 10.1. The van der Waals surface area contributed by atoms with Gasteiger partial charge in [0.05, 0.1) is 10.6 Å². The lowest BCUT2D eigenvalue weighted by molar-refractivity contribution is -0.134. The standard InChI is InChI=1S/C23H27FN2O5S2/c1-25-12-8-3-4-9-13-26(17-10-6-5-7-11-17)19-14-21(32-2)20(15-22(19)33(25,29)30)31-16-18(24)23(27)28/h5-7,10-11,14-16H,3-4,8-9,12-13H2,1-2H3,(H,27,28)/b18-16-. The van der Waals surface area contributed by atoms with E-state index in [9.17, 15) is 17.6 Å². The van der Waals surface area contributed by atoms with Crippen LogP contribution in [0.2, 0.25) is 0 Å². The second-order valence-corrected chi connectivity index (χ2v) is 10.4. The number of aliphatic carboxylic acids is 1. The number of carboxylic acids is 1. The number of para-hydroxylation sites is 1. The van der Waals surface area contributed by atoms with Gasteiger partial charge in [-0.05, 0) is 37.3 Å². The Bertz CT molecular complexity index is 1120. The molecule has 0 spiro atoms. The minimum Gasteiger partial charge on any atom is -0.476 e. The maximum atomic E-state index is 13.6. The number of halogens is 1. The highest BCUT2D eigenvalue weighted by Gasteiger charge is 2.29. The first kappa shape index (κ1) is 25.1. The molecule has 178 valence electrons. The van der Waals surface area contributed by atoms with E-state index in [1.54, 1.807) is 12.3 Å². The van der Waals surface area contributed by atoms with Crippen LogP contribution < -0.4 is 9.64 Å². The van der Waals surface area contributed by atoms with E-state index in [0.29, 0.717) is 29.9 Å². The van der Waals surface area contributed by atoms with Crippen molar-refractivity contribution in [3.05, 3.63) is 54.6 Å². The van der Waals surface area contributed by atoms with Crippen LogP contribution in [0.1, 0.15) is 25.7 Å². The fourth-order valence-corrected chi connectivity index (χ4v) is 5.54. The maximum absolute atomic E-state index is 13.6. The molecule has 0 radical (unpaired) electrons. The highest BCUT2D eigenvalue weighted by atomic mass is 32.2. The van der Waals surface area contributed by atoms with Crippen LogP contribution in [0.15, 0.2) is 64.3 Å². The van der Waals surface area contributed by atoms with E-state index in [-0.39, 0.29) is 10.6 Å². The van der Waals surface area contributed by atoms with Gasteiger partial charge in [-0.15, -0.1) is 11.8 Å². The Morgan fingerprint density at radius 3 is 2.42 bits per heavy atom. The number of thioether (sulfide) groups is 1. The number of carboxylic acid groups (broad SMARTS) is 1. The summed E-state index contributed by atoms with van der Waals surface area (Å²) >= 11 is 1.29. The number of fused-ring (bicyclic) bond motifs is 1. The number of anilines is 2. The van der Waals surface area contributed by atoms with Crippen LogP contribution in [0, 0.1) is 0 Å². The van der Waals surface area contributed by atoms with Gasteiger partial charge in [-0.3, -0.25) is 0 Å². The average molecular weight is 495 g/mol. The number of hydrogen-bond acceptors (Lipinski definition) is 6. The molecule has 3 rings (SSSR count). The van der Waals surface area contributed by atoms with Crippen molar-refractivity contribution >= 4 is 39.1 Å². The summed E-state index contributed by atoms with van der Waals surface area (Å²) in [5.41, 5.74) is 1.35. The van der Waals surface area contributed by atoms with Gasteiger partial charge in [0, 0.05) is 31.9 Å². The van der Waals surface area contributed by atoms with Crippen LogP contribution in [0.3, 0.4) is 0 Å². The SMILES string of the molecule is CSc1cc2c(cc1O/C=C(\F)C(=O)O)S(=O)(=O)N(C)CCCCCCN2c1ccccc1. The molecule has 0 unspecified atom stereocenters. The molecule has 10 heteroatoms. The second-order valence-electron chi connectivity index (χ2n) is 7.59. The van der Waals surface area contributed by atoms with Gasteiger partial charge < -0.3 is 14.7 Å². The van der Waals surface area contributed by atoms with Crippen LogP contribution >= 0.6 is 11.8 Å². The minimum absolute atomic E-state index is 0.0210. The quantitative estimate of drug-likeness (QED) is 0.355. The highest BCUT2D eigenvalue weighted by molar-refractivity contribution is 7.98. The number of hydrogen-bond donors (Lipinski definition) is 1. The molecule has 0 atom stereocenters. The Morgan fingerprint density at radius 2 is 1.79 bits per heavy atom. The normalized spacial score (nSPS) is 17.7. The van der Waals surface area contributed by atoms with Gasteiger partial charge in [0.2, 0.25) is 15.9 Å². The number of carbonyl (C=O) groups is 1. The summed E-state index contributed by atoms with van der Waals surface area (Å²) in [6.45, 7) is 0.999. The van der Waals surface area contributed by atoms with Crippen molar-refractivity contribution in [3.63, 3.8) is 0 Å². The zero-order valence-corrected chi connectivity index (χ0v) is 20.2. The molecule has 1 N–H and O–H groups in total. The first-order valence-corrected chi connectivity index (χ1v) is 13.2. The molecule has 0 fully saturated rings. The largest absolute Gasteiger partial charge is 0.476 e. The smallest absolute Gasteiger partial charge is 0.368 e. The van der Waals surface area contributed by atoms with E-state index in [1.165, 1.54) is 29.2 Å². The fourth-order valence-electron chi connectivity index (χ4n) is 3.61. The maximum Gasteiger partial charge on any atom is 0.368 e. The molecule has 2 aromatic rings. The van der Waals surface area contributed by atoms with E-state index in [2.05, 4.69) is 0 Å². The summed E-state index contributed by atoms with van der Waals surface area (Å²) in [6, 6.07) is 12.6. The fraction of sp³-hybridized carbons (Fsp3) is 0.348. The van der Waals surface area contributed by atoms with Crippen LogP contribution in [0.4, 0.5) is 15.8 Å². The summed E-state index contributed by atoms with van der Waals surface area (Å²) in [5.74, 6) is -3.18. The highest BCUT2D eigenvalue weighted by Crippen LogP contribution is 2.41. The van der Waals surface area contributed by atoms with E-state index in [0.717, 1.165) is 31.4 Å². The van der Waals surface area contributed by atoms with Gasteiger partial charge in [0.1, 0.15) is 16.9 Å². The van der Waals surface area contributed by atoms with Crippen LogP contribution in [-0.4, -0.2) is 50.2 Å². The van der Waals surface area contributed by atoms with Gasteiger partial charge in [-0.25, -0.2) is 17.5 Å². The molecule has 0 saturated heterocycles. The average Bonchev–Trinajstić information content (AvgIpc) is 2.83. The van der Waals surface area contributed by atoms with Crippen molar-refractivity contribution in [1.29, 1.82) is 0 Å². The Morgan fingerprint density at radius 1 is 1.12 bits per heavy atom. The molecule has 1 heterocycles. The molecular weight excluding hydrogens is 467 g/mol. The van der Waals surface area contributed by atoms with Gasteiger partial charge >= 0.3 is 5.97 Å². The van der Waals surface area contributed by atoms with E-state index >= 15 is 0 Å². The van der Waals surface area contributed by atoms with Crippen LogP contribution in [0.5, 0.6) is 5.75 Å². The Kier molecular flexibility index (Phi) is 8.39. The van der Waals surface area contributed by atoms with Gasteiger partial charge in [0.25, 0.3) is 0 Å². The monoisotopic (exact) mass is 494 g/mol. The number of benzene rings is 2. The third-order valence-corrected chi connectivity index (χ3v) is 8.04. The molecule has 1 aliphatic rings. The second kappa shape index (κ2) is 11.0. The van der Waals surface area contributed by atoms with Gasteiger partial charge in [0.15, 0.2) is 0 Å². The topological polar surface area (TPSA) is 87.1 Å². The molecule has 0 amide bonds. The molecule has 0 aromatic heterocycles. The summed E-state index contributed by atoms with van der Waals surface area (Å²) in [5, 5.41) is 8.77. The molecule has 0 saturated carbocycles. The molecule has 0 aliphatic carbocycles. The number of nitrogens with zero attached hydrogens (tertiary/aromatic N) is 2. The van der Waals surface area contributed by atoms with Crippen molar-refractivity contribution in [2.75, 3.05) is 31.3 Å². The summed E-state index contributed by atoms with van der Waals surface area (Å²) < 4.78 is 47.3. The molecule has 33 heavy (non-hydrogen) atoms. The number of sulfonamides is 1. The molecule has 7 nitrogen and oxygen atoms in total. The number of ether oxygens (including phenoxy) is 1. The zero-order valence-electron chi connectivity index (χ0n) is 18.5. The predicted molar refractivity (Wildman–Crippen MR) is 127 cm³/mol. The minimum atomic E-state index is -3.91. The summed E-state index contributed by atoms with van der Waals surface area (Å²) in [7, 11) is -2.37. The zero-order chi connectivity index (χ0) is 24.0. The van der Waals surface area contributed by atoms with Crippen molar-refractivity contribution < 1.29 is 27.4 Å². The Balaban J connectivity index is 2.24. The molecule has 1 aliphatic heterocycles. The third kappa shape index (κ3) is 5.87. The summed E-state index contributed by atoms with van der Waals surface area (Å²) in [4.78, 5) is 13.4. The van der Waals surface area contributed by atoms with Gasteiger partial charge in [-0.2, -0.15) is 4.39 Å². The first-order valence-electron chi connectivity index (χ1n) is 10.5. The molecule has 0 bridgehead atoms. The van der Waals surface area contributed by atoms with Crippen molar-refractivity contribution in [2.24, 2.45) is 0 Å². The van der Waals surface area contributed by atoms with E-state index in [1.807, 2.05) is 35.2 Å². The van der Waals surface area contributed by atoms with Crippen molar-refractivity contribution in [2.45, 2.75) is 35.5 Å². The predicted octanol–water partition coefficient (Wildman–Crippen LogP) is 5.02. The lowest BCUT2D eigenvalue weighted by Gasteiger charge is -2.29. The third-order valence-electron chi connectivity index (χ3n) is 5.39. The van der Waals surface area contributed by atoms with Gasteiger partial charge in [-0.1, -0.05) is 31.0 Å². The molecular formula is C23H27FN2O5S2. The van der Waals surface area contributed by atoms with E-state index in [4.69, 9.17) is 9.84 Å². The van der Waals surface area contributed by atoms with Crippen molar-refractivity contribution in [1.82, 2.24) is 4.31 Å². The van der Waals surface area contributed by atoms with Crippen molar-refractivity contribution in [3.8, 4) is 5.75 Å².